The predicted octanol–water partition coefficient (Wildman–Crippen LogP) is 3.70. The zero-order chi connectivity index (χ0) is 17.6. The van der Waals surface area contributed by atoms with Gasteiger partial charge in [0.15, 0.2) is 5.96 Å². The van der Waals surface area contributed by atoms with Crippen LogP contribution in [0.25, 0.3) is 0 Å². The smallest absolute Gasteiger partial charge is 0.191 e. The van der Waals surface area contributed by atoms with Crippen molar-refractivity contribution in [1.29, 1.82) is 0 Å². The maximum Gasteiger partial charge on any atom is 0.191 e. The Kier molecular flexibility index (Phi) is 9.66. The summed E-state index contributed by atoms with van der Waals surface area (Å²) < 4.78 is 0. The first-order valence-corrected chi connectivity index (χ1v) is 9.94. The van der Waals surface area contributed by atoms with E-state index in [-0.39, 0.29) is 29.5 Å². The zero-order valence-electron chi connectivity index (χ0n) is 16.3. The summed E-state index contributed by atoms with van der Waals surface area (Å²) in [5, 5.41) is 7.95. The normalized spacial score (nSPS) is 16.4. The molecule has 5 nitrogen and oxygen atoms in total. The predicted molar refractivity (Wildman–Crippen MR) is 119 cm³/mol. The van der Waals surface area contributed by atoms with Gasteiger partial charge in [0, 0.05) is 23.5 Å². The molecular formula is C18H34IN5S. The molecule has 0 unspecified atom stereocenters. The number of rotatable bonds is 6. The largest absolute Gasteiger partial charge is 0.357 e. The van der Waals surface area contributed by atoms with E-state index < -0.39 is 0 Å². The van der Waals surface area contributed by atoms with Crippen LogP contribution in [0.1, 0.15) is 55.6 Å². The Balaban J connectivity index is 0.00000312. The lowest BCUT2D eigenvalue weighted by Crippen LogP contribution is -2.54. The fourth-order valence-electron chi connectivity index (χ4n) is 3.01. The molecule has 1 aromatic rings. The van der Waals surface area contributed by atoms with Gasteiger partial charge in [-0.2, -0.15) is 0 Å². The molecule has 2 rings (SSSR count). The van der Waals surface area contributed by atoms with Crippen molar-refractivity contribution in [3.8, 4) is 0 Å². The van der Waals surface area contributed by atoms with Crippen molar-refractivity contribution >= 4 is 41.3 Å². The highest BCUT2D eigenvalue weighted by Gasteiger charge is 2.27. The van der Waals surface area contributed by atoms with Gasteiger partial charge in [-0.1, -0.05) is 6.42 Å². The average Bonchev–Trinajstić information content (AvgIpc) is 2.89. The SMILES string of the molecule is CCNC(=NCc1nc(C)c(C)s1)NCC(C)(C)N1CCCCC1.I. The number of aliphatic imine (C=N–C) groups is 1. The van der Waals surface area contributed by atoms with E-state index in [2.05, 4.69) is 55.1 Å². The van der Waals surface area contributed by atoms with E-state index in [0.29, 0.717) is 6.54 Å². The van der Waals surface area contributed by atoms with Crippen molar-refractivity contribution in [3.05, 3.63) is 15.6 Å². The molecule has 25 heavy (non-hydrogen) atoms. The van der Waals surface area contributed by atoms with Gasteiger partial charge in [-0.15, -0.1) is 35.3 Å². The summed E-state index contributed by atoms with van der Waals surface area (Å²) >= 11 is 1.74. The summed E-state index contributed by atoms with van der Waals surface area (Å²) in [5.41, 5.74) is 1.26. The molecule has 1 aromatic heterocycles. The number of guanidine groups is 1. The van der Waals surface area contributed by atoms with Crippen molar-refractivity contribution in [1.82, 2.24) is 20.5 Å². The highest BCUT2D eigenvalue weighted by atomic mass is 127. The Morgan fingerprint density at radius 3 is 2.44 bits per heavy atom. The first kappa shape index (κ1) is 22.6. The highest BCUT2D eigenvalue weighted by Crippen LogP contribution is 2.20. The van der Waals surface area contributed by atoms with E-state index in [0.717, 1.165) is 29.8 Å². The molecule has 1 aliphatic rings. The van der Waals surface area contributed by atoms with Crippen LogP contribution >= 0.6 is 35.3 Å². The third-order valence-electron chi connectivity index (χ3n) is 4.69. The second-order valence-electron chi connectivity index (χ2n) is 7.16. The third-order valence-corrected chi connectivity index (χ3v) is 5.75. The summed E-state index contributed by atoms with van der Waals surface area (Å²) in [6, 6.07) is 0. The Labute approximate surface area is 174 Å². The van der Waals surface area contributed by atoms with Crippen molar-refractivity contribution in [2.45, 2.75) is 66.0 Å². The average molecular weight is 479 g/mol. The molecule has 1 fully saturated rings. The summed E-state index contributed by atoms with van der Waals surface area (Å²) in [5.74, 6) is 0.882. The molecule has 0 saturated carbocycles. The topological polar surface area (TPSA) is 52.6 Å². The number of thiazole rings is 1. The fraction of sp³-hybridized carbons (Fsp3) is 0.778. The van der Waals surface area contributed by atoms with Crippen LogP contribution in [0.15, 0.2) is 4.99 Å². The molecule has 0 aromatic carbocycles. The van der Waals surface area contributed by atoms with Crippen molar-refractivity contribution in [2.75, 3.05) is 26.2 Å². The molecule has 144 valence electrons. The maximum absolute atomic E-state index is 4.71. The number of likely N-dealkylation sites (tertiary alicyclic amines) is 1. The van der Waals surface area contributed by atoms with Crippen molar-refractivity contribution < 1.29 is 0 Å². The molecule has 0 aliphatic carbocycles. The van der Waals surface area contributed by atoms with Crippen molar-refractivity contribution in [2.24, 2.45) is 4.99 Å². The Bertz CT molecular complexity index is 530. The van der Waals surface area contributed by atoms with Gasteiger partial charge in [0.2, 0.25) is 0 Å². The van der Waals surface area contributed by atoms with E-state index in [1.807, 2.05) is 0 Å². The van der Waals surface area contributed by atoms with Gasteiger partial charge >= 0.3 is 0 Å². The lowest BCUT2D eigenvalue weighted by Gasteiger charge is -2.41. The number of nitrogens with zero attached hydrogens (tertiary/aromatic N) is 3. The number of piperidine rings is 1. The van der Waals surface area contributed by atoms with Gasteiger partial charge < -0.3 is 10.6 Å². The maximum atomic E-state index is 4.71. The Morgan fingerprint density at radius 2 is 1.88 bits per heavy atom. The van der Waals surface area contributed by atoms with E-state index in [1.165, 1.54) is 37.2 Å². The van der Waals surface area contributed by atoms with Gasteiger partial charge in [0.05, 0.1) is 12.2 Å². The molecule has 1 aliphatic heterocycles. The van der Waals surface area contributed by atoms with Crippen LogP contribution in [-0.4, -0.2) is 47.6 Å². The molecule has 0 bridgehead atoms. The molecule has 2 N–H and O–H groups in total. The monoisotopic (exact) mass is 479 g/mol. The number of halogens is 1. The summed E-state index contributed by atoms with van der Waals surface area (Å²) in [6.07, 6.45) is 4.01. The van der Waals surface area contributed by atoms with Gasteiger partial charge in [0.1, 0.15) is 5.01 Å². The number of hydrogen-bond donors (Lipinski definition) is 2. The second kappa shape index (κ2) is 10.7. The van der Waals surface area contributed by atoms with Crippen LogP contribution in [0.3, 0.4) is 0 Å². The molecule has 0 atom stereocenters. The van der Waals surface area contributed by atoms with Gasteiger partial charge in [0.25, 0.3) is 0 Å². The van der Waals surface area contributed by atoms with Gasteiger partial charge in [-0.3, -0.25) is 4.90 Å². The lowest BCUT2D eigenvalue weighted by molar-refractivity contribution is 0.0982. The first-order chi connectivity index (χ1) is 11.4. The van der Waals surface area contributed by atoms with Crippen LogP contribution < -0.4 is 10.6 Å². The molecule has 0 radical (unpaired) electrons. The molecule has 1 saturated heterocycles. The molecule has 0 amide bonds. The van der Waals surface area contributed by atoms with Crippen LogP contribution in [0.2, 0.25) is 0 Å². The van der Waals surface area contributed by atoms with E-state index in [9.17, 15) is 0 Å². The number of aromatic nitrogens is 1. The number of hydrogen-bond acceptors (Lipinski definition) is 4. The van der Waals surface area contributed by atoms with Crippen LogP contribution in [-0.2, 0) is 6.54 Å². The summed E-state index contributed by atoms with van der Waals surface area (Å²) in [4.78, 5) is 13.2. The Hall–Kier alpha value is -0.410. The minimum atomic E-state index is 0. The van der Waals surface area contributed by atoms with E-state index >= 15 is 0 Å². The second-order valence-corrected chi connectivity index (χ2v) is 8.45. The van der Waals surface area contributed by atoms with Gasteiger partial charge in [-0.05, 0) is 60.5 Å². The molecule has 2 heterocycles. The Morgan fingerprint density at radius 1 is 1.20 bits per heavy atom. The first-order valence-electron chi connectivity index (χ1n) is 9.12. The zero-order valence-corrected chi connectivity index (χ0v) is 19.5. The molecule has 7 heteroatoms. The van der Waals surface area contributed by atoms with Crippen LogP contribution in [0.4, 0.5) is 0 Å². The quantitative estimate of drug-likeness (QED) is 0.371. The van der Waals surface area contributed by atoms with E-state index in [4.69, 9.17) is 4.99 Å². The number of aryl methyl sites for hydroxylation is 2. The van der Waals surface area contributed by atoms with Crippen LogP contribution in [0.5, 0.6) is 0 Å². The molecular weight excluding hydrogens is 445 g/mol. The summed E-state index contributed by atoms with van der Waals surface area (Å²) in [7, 11) is 0. The van der Waals surface area contributed by atoms with E-state index in [1.54, 1.807) is 11.3 Å². The molecule has 0 spiro atoms. The minimum Gasteiger partial charge on any atom is -0.357 e. The van der Waals surface area contributed by atoms with Gasteiger partial charge in [-0.25, -0.2) is 9.98 Å². The van der Waals surface area contributed by atoms with Crippen LogP contribution in [0, 0.1) is 13.8 Å². The summed E-state index contributed by atoms with van der Waals surface area (Å²) in [6.45, 7) is 15.7. The highest BCUT2D eigenvalue weighted by molar-refractivity contribution is 14.0. The number of nitrogens with one attached hydrogen (secondary N) is 2. The third kappa shape index (κ3) is 7.02. The minimum absolute atomic E-state index is 0. The lowest BCUT2D eigenvalue weighted by atomic mass is 9.98. The standard InChI is InChI=1S/C18H33N5S.HI/c1-6-19-17(20-12-16-22-14(2)15(3)24-16)21-13-18(4,5)23-10-8-7-9-11-23;/h6-13H2,1-5H3,(H2,19,20,21);1H. The fourth-order valence-corrected chi connectivity index (χ4v) is 3.86. The van der Waals surface area contributed by atoms with Crippen molar-refractivity contribution in [3.63, 3.8) is 0 Å².